The summed E-state index contributed by atoms with van der Waals surface area (Å²) in [4.78, 5) is 33.3. The monoisotopic (exact) mass is 477 g/mol. The van der Waals surface area contributed by atoms with Crippen LogP contribution in [0.4, 0.5) is 16.4 Å². The van der Waals surface area contributed by atoms with Crippen molar-refractivity contribution in [1.82, 2.24) is 34.6 Å². The highest BCUT2D eigenvalue weighted by Gasteiger charge is 2.13. The van der Waals surface area contributed by atoms with Gasteiger partial charge in [0.05, 0.1) is 11.2 Å². The lowest BCUT2D eigenvalue weighted by Crippen LogP contribution is -2.18. The van der Waals surface area contributed by atoms with E-state index in [4.69, 9.17) is 9.51 Å². The summed E-state index contributed by atoms with van der Waals surface area (Å²) in [7, 11) is 0. The van der Waals surface area contributed by atoms with Gasteiger partial charge in [0.25, 0.3) is 0 Å². The van der Waals surface area contributed by atoms with Crippen molar-refractivity contribution in [1.29, 1.82) is 0 Å². The van der Waals surface area contributed by atoms with E-state index in [1.807, 2.05) is 42.0 Å². The summed E-state index contributed by atoms with van der Waals surface area (Å²) in [6, 6.07) is 14.0. The molecule has 3 N–H and O–H groups in total. The van der Waals surface area contributed by atoms with Crippen LogP contribution < -0.4 is 10.6 Å². The van der Waals surface area contributed by atoms with Crippen LogP contribution in [0, 0.1) is 6.92 Å². The lowest BCUT2D eigenvalue weighted by molar-refractivity contribution is 0.261. The van der Waals surface area contributed by atoms with Crippen LogP contribution in [0.2, 0.25) is 0 Å². The number of carbonyl (C=O) groups is 1. The number of benzene rings is 1. The molecular weight excluding hydrogens is 458 g/mol. The molecule has 0 fully saturated rings. The second-order valence-corrected chi connectivity index (χ2v) is 8.01. The number of hydrogen-bond acceptors (Lipinski definition) is 7. The van der Waals surface area contributed by atoms with Crippen LogP contribution in [-0.2, 0) is 0 Å². The number of anilines is 2. The maximum absolute atomic E-state index is 12.4. The van der Waals surface area contributed by atoms with Crippen LogP contribution in [-0.4, -0.2) is 40.7 Å². The molecule has 5 heterocycles. The van der Waals surface area contributed by atoms with E-state index in [-0.39, 0.29) is 5.88 Å². The molecule has 0 aliphatic carbocycles. The maximum atomic E-state index is 12.4. The first kappa shape index (κ1) is 21.2. The zero-order valence-corrected chi connectivity index (χ0v) is 19.0. The highest BCUT2D eigenvalue weighted by Crippen LogP contribution is 2.25. The molecule has 11 heteroatoms. The van der Waals surface area contributed by atoms with Gasteiger partial charge in [0.1, 0.15) is 23.4 Å². The van der Waals surface area contributed by atoms with Gasteiger partial charge in [-0.25, -0.2) is 19.7 Å². The predicted molar refractivity (Wildman–Crippen MR) is 134 cm³/mol. The number of carbonyl (C=O) groups excluding carboxylic acids is 1. The van der Waals surface area contributed by atoms with Crippen molar-refractivity contribution in [2.75, 3.05) is 10.6 Å². The minimum Gasteiger partial charge on any atom is -0.338 e. The standard InChI is InChI=1S/C25H19N9O2/c1-15-13-34(14-28-15)24-22-19(8-10-27-24)30-23(32-22)16-4-6-18(7-5-16)29-25(35)31-21-11-20(33-36-21)17-3-2-9-26-12-17/h2-14H,1H3,(H,30,32)(H2,29,31,35). The minimum absolute atomic E-state index is 0.225. The van der Waals surface area contributed by atoms with Crippen molar-refractivity contribution in [3.8, 4) is 28.5 Å². The van der Waals surface area contributed by atoms with Gasteiger partial charge in [0.15, 0.2) is 5.82 Å². The summed E-state index contributed by atoms with van der Waals surface area (Å²) in [6.07, 6.45) is 8.69. The van der Waals surface area contributed by atoms with Gasteiger partial charge in [-0.05, 0) is 49.4 Å². The average molecular weight is 477 g/mol. The summed E-state index contributed by atoms with van der Waals surface area (Å²) in [5, 5.41) is 9.37. The Labute approximate surface area is 204 Å². The van der Waals surface area contributed by atoms with Gasteiger partial charge in [0.2, 0.25) is 5.88 Å². The largest absolute Gasteiger partial charge is 0.338 e. The number of hydrogen-bond donors (Lipinski definition) is 3. The molecule has 0 aliphatic rings. The molecule has 1 aromatic carbocycles. The Hall–Kier alpha value is -5.32. The van der Waals surface area contributed by atoms with Crippen molar-refractivity contribution < 1.29 is 9.32 Å². The number of nitrogens with one attached hydrogen (secondary N) is 3. The molecule has 0 spiro atoms. The molecule has 176 valence electrons. The molecule has 11 nitrogen and oxygen atoms in total. The van der Waals surface area contributed by atoms with Gasteiger partial charge in [-0.3, -0.25) is 14.9 Å². The SMILES string of the molecule is Cc1cn(-c2nccc3[nH]c(-c4ccc(NC(=O)Nc5cc(-c6cccnc6)no5)cc4)nc23)cn1. The van der Waals surface area contributed by atoms with Crippen LogP contribution in [0.5, 0.6) is 0 Å². The van der Waals surface area contributed by atoms with E-state index in [0.717, 1.165) is 27.9 Å². The third-order valence-corrected chi connectivity index (χ3v) is 5.46. The van der Waals surface area contributed by atoms with E-state index < -0.39 is 6.03 Å². The molecular formula is C25H19N9O2. The lowest BCUT2D eigenvalue weighted by Gasteiger charge is -2.05. The number of imidazole rings is 2. The molecule has 0 aliphatic heterocycles. The normalized spacial score (nSPS) is 11.0. The summed E-state index contributed by atoms with van der Waals surface area (Å²) in [5.74, 6) is 1.61. The third kappa shape index (κ3) is 4.16. The Bertz CT molecular complexity index is 1670. The molecule has 0 bridgehead atoms. The molecule has 0 saturated carbocycles. The van der Waals surface area contributed by atoms with E-state index in [2.05, 4.69) is 35.7 Å². The Kier molecular flexibility index (Phi) is 5.19. The number of urea groups is 1. The van der Waals surface area contributed by atoms with Gasteiger partial charge >= 0.3 is 6.03 Å². The number of H-pyrrole nitrogens is 1. The minimum atomic E-state index is -0.452. The molecule has 2 amide bonds. The fraction of sp³-hybridized carbons (Fsp3) is 0.0400. The molecule has 0 atom stereocenters. The number of rotatable bonds is 5. The molecule has 0 unspecified atom stereocenters. The van der Waals surface area contributed by atoms with Gasteiger partial charge < -0.3 is 14.8 Å². The fourth-order valence-electron chi connectivity index (χ4n) is 3.75. The number of pyridine rings is 2. The number of fused-ring (bicyclic) bond motifs is 1. The molecule has 6 aromatic rings. The second kappa shape index (κ2) is 8.80. The van der Waals surface area contributed by atoms with Crippen molar-refractivity contribution in [2.24, 2.45) is 0 Å². The van der Waals surface area contributed by atoms with Crippen molar-refractivity contribution in [3.05, 3.63) is 85.3 Å². The summed E-state index contributed by atoms with van der Waals surface area (Å²) in [5.41, 5.74) is 5.34. The van der Waals surface area contributed by atoms with Crippen LogP contribution in [0.25, 0.3) is 39.5 Å². The van der Waals surface area contributed by atoms with Gasteiger partial charge in [0, 0.05) is 47.7 Å². The first-order valence-corrected chi connectivity index (χ1v) is 11.0. The third-order valence-electron chi connectivity index (χ3n) is 5.46. The van der Waals surface area contributed by atoms with Crippen LogP contribution in [0.15, 0.2) is 84.2 Å². The van der Waals surface area contributed by atoms with Crippen molar-refractivity contribution in [2.45, 2.75) is 6.92 Å². The maximum Gasteiger partial charge on any atom is 0.326 e. The molecule has 0 saturated heterocycles. The van der Waals surface area contributed by atoms with Crippen LogP contribution in [0.1, 0.15) is 5.69 Å². The van der Waals surface area contributed by atoms with Crippen molar-refractivity contribution >= 4 is 28.6 Å². The van der Waals surface area contributed by atoms with Crippen LogP contribution in [0.3, 0.4) is 0 Å². The smallest absolute Gasteiger partial charge is 0.326 e. The highest BCUT2D eigenvalue weighted by atomic mass is 16.5. The summed E-state index contributed by atoms with van der Waals surface area (Å²) < 4.78 is 7.05. The van der Waals surface area contributed by atoms with Gasteiger partial charge in [-0.2, -0.15) is 0 Å². The average Bonchev–Trinajstić information content (AvgIpc) is 3.64. The zero-order valence-electron chi connectivity index (χ0n) is 19.0. The van der Waals surface area contributed by atoms with Crippen molar-refractivity contribution in [3.63, 3.8) is 0 Å². The highest BCUT2D eigenvalue weighted by molar-refractivity contribution is 5.99. The van der Waals surface area contributed by atoms with Gasteiger partial charge in [-0.1, -0.05) is 5.16 Å². The topological polar surface area (TPSA) is 139 Å². The Morgan fingerprint density at radius 1 is 1.03 bits per heavy atom. The number of amides is 2. The Morgan fingerprint density at radius 3 is 2.69 bits per heavy atom. The van der Waals surface area contributed by atoms with E-state index in [1.54, 1.807) is 49.2 Å². The van der Waals surface area contributed by atoms with Gasteiger partial charge in [-0.15, -0.1) is 0 Å². The quantitative estimate of drug-likeness (QED) is 0.324. The van der Waals surface area contributed by atoms with E-state index in [0.29, 0.717) is 23.0 Å². The molecule has 0 radical (unpaired) electrons. The molecule has 6 rings (SSSR count). The molecule has 36 heavy (non-hydrogen) atoms. The summed E-state index contributed by atoms with van der Waals surface area (Å²) in [6.45, 7) is 1.92. The number of aromatic nitrogens is 7. The molecule has 5 aromatic heterocycles. The van der Waals surface area contributed by atoms with E-state index >= 15 is 0 Å². The second-order valence-electron chi connectivity index (χ2n) is 8.01. The lowest BCUT2D eigenvalue weighted by atomic mass is 10.2. The number of aromatic amines is 1. The number of aryl methyl sites for hydroxylation is 1. The predicted octanol–water partition coefficient (Wildman–Crippen LogP) is 4.81. The Balaban J connectivity index is 1.16. The van der Waals surface area contributed by atoms with E-state index in [1.165, 1.54) is 0 Å². The fourth-order valence-corrected chi connectivity index (χ4v) is 3.75. The first-order chi connectivity index (χ1) is 17.6. The first-order valence-electron chi connectivity index (χ1n) is 11.0. The zero-order chi connectivity index (χ0) is 24.5. The van der Waals surface area contributed by atoms with Crippen LogP contribution >= 0.6 is 0 Å². The Morgan fingerprint density at radius 2 is 1.92 bits per heavy atom. The summed E-state index contributed by atoms with van der Waals surface area (Å²) >= 11 is 0. The van der Waals surface area contributed by atoms with E-state index in [9.17, 15) is 4.79 Å². The number of nitrogens with zero attached hydrogens (tertiary/aromatic N) is 6.